The van der Waals surface area contributed by atoms with E-state index in [9.17, 15) is 8.78 Å². The lowest BCUT2D eigenvalue weighted by Gasteiger charge is -2.16. The molecular weight excluding hydrogens is 232 g/mol. The van der Waals surface area contributed by atoms with Crippen LogP contribution in [0.5, 0.6) is 0 Å². The highest BCUT2D eigenvalue weighted by Crippen LogP contribution is 2.36. The fraction of sp³-hybridized carbons (Fsp3) is 0.600. The number of hydrogen-bond donors (Lipinski definition) is 1. The summed E-state index contributed by atoms with van der Waals surface area (Å²) in [5, 5.41) is 3.39. The lowest BCUT2D eigenvalue weighted by atomic mass is 10.0. The van der Waals surface area contributed by atoms with Crippen LogP contribution in [0.15, 0.2) is 12.1 Å². The van der Waals surface area contributed by atoms with Crippen molar-refractivity contribution >= 4 is 0 Å². The van der Waals surface area contributed by atoms with Gasteiger partial charge >= 0.3 is 0 Å². The van der Waals surface area contributed by atoms with E-state index < -0.39 is 0 Å². The molecule has 0 amide bonds. The Balaban J connectivity index is 2.01. The first-order chi connectivity index (χ1) is 8.52. The van der Waals surface area contributed by atoms with E-state index in [2.05, 4.69) is 12.2 Å². The van der Waals surface area contributed by atoms with Crippen LogP contribution in [0.2, 0.25) is 0 Å². The van der Waals surface area contributed by atoms with Crippen LogP contribution in [0.1, 0.15) is 50.3 Å². The van der Waals surface area contributed by atoms with E-state index in [0.29, 0.717) is 17.2 Å². The lowest BCUT2D eigenvalue weighted by Crippen LogP contribution is -2.23. The molecular formula is C15H21F2N. The van der Waals surface area contributed by atoms with Crippen molar-refractivity contribution < 1.29 is 8.78 Å². The Labute approximate surface area is 108 Å². The average molecular weight is 253 g/mol. The van der Waals surface area contributed by atoms with Gasteiger partial charge in [0, 0.05) is 17.6 Å². The van der Waals surface area contributed by atoms with Gasteiger partial charge in [-0.25, -0.2) is 8.78 Å². The van der Waals surface area contributed by atoms with Crippen molar-refractivity contribution in [2.45, 2.75) is 52.1 Å². The van der Waals surface area contributed by atoms with Gasteiger partial charge < -0.3 is 5.32 Å². The molecule has 0 aliphatic heterocycles. The third-order valence-corrected chi connectivity index (χ3v) is 3.79. The molecule has 100 valence electrons. The highest BCUT2D eigenvalue weighted by atomic mass is 19.1. The molecule has 0 bridgehead atoms. The van der Waals surface area contributed by atoms with Crippen LogP contribution in [0.4, 0.5) is 8.78 Å². The average Bonchev–Trinajstić information content (AvgIpc) is 3.02. The smallest absolute Gasteiger partial charge is 0.128 e. The predicted molar refractivity (Wildman–Crippen MR) is 69.4 cm³/mol. The zero-order chi connectivity index (χ0) is 13.3. The van der Waals surface area contributed by atoms with Gasteiger partial charge in [-0.15, -0.1) is 0 Å². The van der Waals surface area contributed by atoms with E-state index in [0.717, 1.165) is 12.3 Å². The molecule has 0 aromatic heterocycles. The van der Waals surface area contributed by atoms with Crippen molar-refractivity contribution in [3.8, 4) is 0 Å². The molecule has 1 aliphatic rings. The first-order valence-electron chi connectivity index (χ1n) is 6.74. The summed E-state index contributed by atoms with van der Waals surface area (Å²) in [7, 11) is 0. The minimum Gasteiger partial charge on any atom is -0.307 e. The molecule has 2 rings (SSSR count). The monoisotopic (exact) mass is 253 g/mol. The van der Waals surface area contributed by atoms with E-state index in [-0.39, 0.29) is 17.7 Å². The first-order valence-corrected chi connectivity index (χ1v) is 6.74. The number of rotatable bonds is 5. The quantitative estimate of drug-likeness (QED) is 0.832. The number of nitrogens with one attached hydrogen (secondary N) is 1. The molecule has 0 radical (unpaired) electrons. The Morgan fingerprint density at radius 2 is 2.06 bits per heavy atom. The Morgan fingerprint density at radius 1 is 1.33 bits per heavy atom. The number of hydrogen-bond acceptors (Lipinski definition) is 1. The van der Waals surface area contributed by atoms with Gasteiger partial charge in [-0.05, 0) is 50.3 Å². The third kappa shape index (κ3) is 2.89. The summed E-state index contributed by atoms with van der Waals surface area (Å²) in [4.78, 5) is 0. The van der Waals surface area contributed by atoms with Crippen molar-refractivity contribution in [2.24, 2.45) is 5.92 Å². The second-order valence-corrected chi connectivity index (χ2v) is 5.40. The fourth-order valence-corrected chi connectivity index (χ4v) is 2.55. The molecule has 0 spiro atoms. The summed E-state index contributed by atoms with van der Waals surface area (Å²) in [5.41, 5.74) is 0.791. The SMILES string of the molecule is CCCC1CC1NC(C)c1cc(F)c(C)cc1F. The Bertz CT molecular complexity index is 431. The molecule has 1 aromatic rings. The maximum Gasteiger partial charge on any atom is 0.128 e. The minimum atomic E-state index is -0.332. The summed E-state index contributed by atoms with van der Waals surface area (Å²) < 4.78 is 27.3. The zero-order valence-corrected chi connectivity index (χ0v) is 11.3. The second kappa shape index (κ2) is 5.35. The van der Waals surface area contributed by atoms with Gasteiger partial charge in [-0.2, -0.15) is 0 Å². The van der Waals surface area contributed by atoms with E-state index in [1.165, 1.54) is 25.0 Å². The highest BCUT2D eigenvalue weighted by molar-refractivity contribution is 5.27. The van der Waals surface area contributed by atoms with Gasteiger partial charge in [0.2, 0.25) is 0 Å². The van der Waals surface area contributed by atoms with E-state index in [4.69, 9.17) is 0 Å². The minimum absolute atomic E-state index is 0.132. The van der Waals surface area contributed by atoms with Crippen molar-refractivity contribution in [1.29, 1.82) is 0 Å². The third-order valence-electron chi connectivity index (χ3n) is 3.79. The predicted octanol–water partition coefficient (Wildman–Crippen LogP) is 4.11. The summed E-state index contributed by atoms with van der Waals surface area (Å²) >= 11 is 0. The molecule has 18 heavy (non-hydrogen) atoms. The molecule has 3 heteroatoms. The molecule has 1 aliphatic carbocycles. The molecule has 0 saturated heterocycles. The van der Waals surface area contributed by atoms with Gasteiger partial charge in [0.15, 0.2) is 0 Å². The fourth-order valence-electron chi connectivity index (χ4n) is 2.55. The van der Waals surface area contributed by atoms with Gasteiger partial charge in [0.1, 0.15) is 11.6 Å². The Kier molecular flexibility index (Phi) is 4.00. The first kappa shape index (κ1) is 13.5. The normalized spacial score (nSPS) is 24.1. The molecule has 1 nitrogen and oxygen atoms in total. The van der Waals surface area contributed by atoms with E-state index in [1.54, 1.807) is 6.92 Å². The molecule has 1 saturated carbocycles. The van der Waals surface area contributed by atoms with Crippen molar-refractivity contribution in [1.82, 2.24) is 5.32 Å². The maximum absolute atomic E-state index is 13.8. The summed E-state index contributed by atoms with van der Waals surface area (Å²) in [6, 6.07) is 2.94. The topological polar surface area (TPSA) is 12.0 Å². The van der Waals surface area contributed by atoms with Crippen molar-refractivity contribution in [3.63, 3.8) is 0 Å². The zero-order valence-electron chi connectivity index (χ0n) is 11.3. The van der Waals surface area contributed by atoms with Crippen molar-refractivity contribution in [3.05, 3.63) is 34.9 Å². The van der Waals surface area contributed by atoms with Gasteiger partial charge in [0.25, 0.3) is 0 Å². The van der Waals surface area contributed by atoms with E-state index in [1.807, 2.05) is 6.92 Å². The highest BCUT2D eigenvalue weighted by Gasteiger charge is 2.36. The van der Waals surface area contributed by atoms with Gasteiger partial charge in [-0.3, -0.25) is 0 Å². The maximum atomic E-state index is 13.8. The summed E-state index contributed by atoms with van der Waals surface area (Å²) in [5.74, 6) is 0.0679. The standard InChI is InChI=1S/C15H21F2N/c1-4-5-11-7-15(11)18-10(3)12-8-13(16)9(2)6-14(12)17/h6,8,10-11,15,18H,4-5,7H2,1-3H3. The Morgan fingerprint density at radius 3 is 2.72 bits per heavy atom. The lowest BCUT2D eigenvalue weighted by molar-refractivity contribution is 0.496. The summed E-state index contributed by atoms with van der Waals surface area (Å²) in [6.45, 7) is 5.65. The molecule has 1 fully saturated rings. The molecule has 0 heterocycles. The van der Waals surface area contributed by atoms with Gasteiger partial charge in [-0.1, -0.05) is 13.3 Å². The van der Waals surface area contributed by atoms with Crippen molar-refractivity contribution in [2.75, 3.05) is 0 Å². The van der Waals surface area contributed by atoms with E-state index >= 15 is 0 Å². The molecule has 3 atom stereocenters. The number of benzene rings is 1. The van der Waals surface area contributed by atoms with Crippen LogP contribution < -0.4 is 5.32 Å². The van der Waals surface area contributed by atoms with Crippen LogP contribution in [-0.2, 0) is 0 Å². The number of aryl methyl sites for hydroxylation is 1. The van der Waals surface area contributed by atoms with Crippen LogP contribution in [-0.4, -0.2) is 6.04 Å². The van der Waals surface area contributed by atoms with Crippen LogP contribution in [0.25, 0.3) is 0 Å². The molecule has 1 N–H and O–H groups in total. The van der Waals surface area contributed by atoms with Gasteiger partial charge in [0.05, 0.1) is 0 Å². The second-order valence-electron chi connectivity index (χ2n) is 5.40. The summed E-state index contributed by atoms with van der Waals surface area (Å²) in [6.07, 6.45) is 3.56. The Hall–Kier alpha value is -0.960. The van der Waals surface area contributed by atoms with Crippen LogP contribution in [0.3, 0.4) is 0 Å². The van der Waals surface area contributed by atoms with Crippen LogP contribution >= 0.6 is 0 Å². The van der Waals surface area contributed by atoms with Crippen LogP contribution in [0, 0.1) is 24.5 Å². The molecule has 1 aromatic carbocycles. The number of halogens is 2. The largest absolute Gasteiger partial charge is 0.307 e. The molecule has 3 unspecified atom stereocenters.